The van der Waals surface area contributed by atoms with E-state index in [1.807, 2.05) is 24.3 Å². The van der Waals surface area contributed by atoms with Gasteiger partial charge < -0.3 is 19.4 Å². The van der Waals surface area contributed by atoms with Crippen molar-refractivity contribution in [1.82, 2.24) is 0 Å². The third kappa shape index (κ3) is 6.24. The first-order valence-electron chi connectivity index (χ1n) is 14.0. The largest absolute Gasteiger partial charge is 0.550 e. The van der Waals surface area contributed by atoms with Crippen molar-refractivity contribution >= 4 is 34.2 Å². The normalized spacial score (nSPS) is 12.7. The van der Waals surface area contributed by atoms with Crippen LogP contribution in [0.25, 0.3) is 10.8 Å². The molecule has 3 aromatic carbocycles. The molecule has 0 unspecified atom stereocenters. The van der Waals surface area contributed by atoms with Crippen LogP contribution in [0, 0.1) is 0 Å². The van der Waals surface area contributed by atoms with Crippen molar-refractivity contribution in [3.05, 3.63) is 65.2 Å². The summed E-state index contributed by atoms with van der Waals surface area (Å²) in [6.45, 7) is 5.17. The second-order valence-corrected chi connectivity index (χ2v) is 9.93. The predicted molar refractivity (Wildman–Crippen MR) is 150 cm³/mol. The van der Waals surface area contributed by atoms with E-state index in [1.165, 1.54) is 0 Å². The molecule has 39 heavy (non-hydrogen) atoms. The predicted octanol–water partition coefficient (Wildman–Crippen LogP) is 5.85. The number of hydrogen-bond acceptors (Lipinski definition) is 6. The number of carboxylic acids is 1. The summed E-state index contributed by atoms with van der Waals surface area (Å²) >= 11 is 0. The summed E-state index contributed by atoms with van der Waals surface area (Å²) in [7, 11) is 0. The molecule has 3 aromatic rings. The van der Waals surface area contributed by atoms with Gasteiger partial charge in [-0.25, -0.2) is 4.90 Å². The first kappa shape index (κ1) is 28.1. The number of hydrogen-bond donors (Lipinski definition) is 0. The van der Waals surface area contributed by atoms with Crippen LogP contribution in [0.15, 0.2) is 48.5 Å². The number of imide groups is 1. The molecule has 0 saturated heterocycles. The van der Waals surface area contributed by atoms with Crippen molar-refractivity contribution in [3.8, 4) is 11.5 Å². The molecule has 0 fully saturated rings. The molecule has 0 atom stereocenters. The van der Waals surface area contributed by atoms with E-state index in [1.54, 1.807) is 24.3 Å². The van der Waals surface area contributed by atoms with Gasteiger partial charge in [0.25, 0.3) is 11.8 Å². The van der Waals surface area contributed by atoms with Gasteiger partial charge in [0, 0.05) is 23.2 Å². The molecule has 7 nitrogen and oxygen atoms in total. The summed E-state index contributed by atoms with van der Waals surface area (Å²) in [5.74, 6) is -1.34. The van der Waals surface area contributed by atoms with Gasteiger partial charge in [-0.2, -0.15) is 0 Å². The van der Waals surface area contributed by atoms with Crippen molar-refractivity contribution in [2.45, 2.75) is 71.6 Å². The molecular formula is C32H36NO6-. The Balaban J connectivity index is 1.76. The van der Waals surface area contributed by atoms with Crippen molar-refractivity contribution < 1.29 is 29.0 Å². The third-order valence-corrected chi connectivity index (χ3v) is 6.99. The van der Waals surface area contributed by atoms with Gasteiger partial charge in [0.2, 0.25) is 0 Å². The Morgan fingerprint density at radius 3 is 1.64 bits per heavy atom. The van der Waals surface area contributed by atoms with Crippen LogP contribution < -0.4 is 19.5 Å². The molecule has 0 bridgehead atoms. The van der Waals surface area contributed by atoms with Gasteiger partial charge in [-0.1, -0.05) is 88.8 Å². The molecule has 0 aromatic heterocycles. The second kappa shape index (κ2) is 13.3. The number of benzene rings is 3. The Hall–Kier alpha value is -3.87. The summed E-state index contributed by atoms with van der Waals surface area (Å²) in [5.41, 5.74) is 1.32. The quantitative estimate of drug-likeness (QED) is 0.181. The minimum absolute atomic E-state index is 0.219. The molecule has 1 aliphatic rings. The van der Waals surface area contributed by atoms with E-state index >= 15 is 0 Å². The number of ether oxygens (including phenoxy) is 2. The van der Waals surface area contributed by atoms with Crippen molar-refractivity contribution in [3.63, 3.8) is 0 Å². The van der Waals surface area contributed by atoms with E-state index in [0.717, 1.165) is 67.0 Å². The SMILES string of the molecule is CCCCCCOc1c2c(c(OCCCCCC)c3ccccc13)C(=O)N(c1ccc(CC(=O)[O-])cc1)C2=O. The first-order chi connectivity index (χ1) is 19.0. The van der Waals surface area contributed by atoms with Crippen LogP contribution in [0.2, 0.25) is 0 Å². The first-order valence-corrected chi connectivity index (χ1v) is 14.0. The van der Waals surface area contributed by atoms with Gasteiger partial charge in [-0.05, 0) is 30.5 Å². The van der Waals surface area contributed by atoms with Gasteiger partial charge in [0.1, 0.15) is 11.5 Å². The lowest BCUT2D eigenvalue weighted by Gasteiger charge is -2.17. The van der Waals surface area contributed by atoms with Crippen LogP contribution >= 0.6 is 0 Å². The average Bonchev–Trinajstić information content (AvgIpc) is 3.19. The molecule has 0 spiro atoms. The lowest BCUT2D eigenvalue weighted by atomic mass is 9.99. The highest BCUT2D eigenvalue weighted by Gasteiger charge is 2.43. The van der Waals surface area contributed by atoms with Crippen molar-refractivity contribution in [2.75, 3.05) is 18.1 Å². The zero-order chi connectivity index (χ0) is 27.8. The Bertz CT molecular complexity index is 1260. The molecule has 4 rings (SSSR count). The maximum absolute atomic E-state index is 13.9. The molecule has 7 heteroatoms. The highest BCUT2D eigenvalue weighted by Crippen LogP contribution is 2.46. The number of carbonyl (C=O) groups excluding carboxylic acids is 3. The monoisotopic (exact) mass is 530 g/mol. The fourth-order valence-corrected chi connectivity index (χ4v) is 4.97. The van der Waals surface area contributed by atoms with Gasteiger partial charge in [0.15, 0.2) is 0 Å². The minimum Gasteiger partial charge on any atom is -0.550 e. The average molecular weight is 531 g/mol. The Morgan fingerprint density at radius 1 is 0.718 bits per heavy atom. The Kier molecular flexibility index (Phi) is 9.58. The summed E-state index contributed by atoms with van der Waals surface area (Å²) in [6, 6.07) is 13.9. The number of aliphatic carboxylic acids is 1. The van der Waals surface area contributed by atoms with Crippen molar-refractivity contribution in [1.29, 1.82) is 0 Å². The van der Waals surface area contributed by atoms with Crippen LogP contribution in [-0.4, -0.2) is 31.0 Å². The number of amides is 2. The standard InChI is InChI=1S/C32H37NO6/c1-3-5-7-11-19-38-29-24-13-9-10-14-25(24)30(39-20-12-8-6-4-2)28-27(29)31(36)33(32(28)37)23-17-15-22(16-18-23)21-26(34)35/h9-10,13-18H,3-8,11-12,19-21H2,1-2H3,(H,34,35)/p-1. The molecule has 1 heterocycles. The summed E-state index contributed by atoms with van der Waals surface area (Å²) in [4.78, 5) is 39.9. The van der Waals surface area contributed by atoms with Crippen LogP contribution in [0.3, 0.4) is 0 Å². The number of nitrogens with zero attached hydrogens (tertiary/aromatic N) is 1. The Morgan fingerprint density at radius 2 is 1.21 bits per heavy atom. The van der Waals surface area contributed by atoms with Gasteiger partial charge in [-0.15, -0.1) is 0 Å². The summed E-state index contributed by atoms with van der Waals surface area (Å²) < 4.78 is 12.5. The molecule has 0 aliphatic carbocycles. The van der Waals surface area contributed by atoms with Gasteiger partial charge in [-0.3, -0.25) is 9.59 Å². The molecular weight excluding hydrogens is 494 g/mol. The number of anilines is 1. The van der Waals surface area contributed by atoms with Crippen molar-refractivity contribution in [2.24, 2.45) is 0 Å². The number of unbranched alkanes of at least 4 members (excludes halogenated alkanes) is 6. The van der Waals surface area contributed by atoms with Gasteiger partial charge >= 0.3 is 0 Å². The van der Waals surface area contributed by atoms with Gasteiger partial charge in [0.05, 0.1) is 30.0 Å². The van der Waals surface area contributed by atoms with E-state index in [0.29, 0.717) is 36.0 Å². The minimum atomic E-state index is -1.20. The number of carboxylic acid groups (broad SMARTS) is 1. The highest BCUT2D eigenvalue weighted by atomic mass is 16.5. The summed E-state index contributed by atoms with van der Waals surface area (Å²) in [6.07, 6.45) is 7.90. The van der Waals surface area contributed by atoms with E-state index in [9.17, 15) is 19.5 Å². The lowest BCUT2D eigenvalue weighted by Crippen LogP contribution is -2.29. The third-order valence-electron chi connectivity index (χ3n) is 6.99. The molecule has 0 N–H and O–H groups in total. The van der Waals surface area contributed by atoms with E-state index in [-0.39, 0.29) is 17.5 Å². The fraction of sp³-hybridized carbons (Fsp3) is 0.406. The zero-order valence-electron chi connectivity index (χ0n) is 22.8. The number of fused-ring (bicyclic) bond motifs is 2. The zero-order valence-corrected chi connectivity index (χ0v) is 22.8. The molecule has 0 saturated carbocycles. The second-order valence-electron chi connectivity index (χ2n) is 9.93. The van der Waals surface area contributed by atoms with E-state index in [2.05, 4.69) is 13.8 Å². The maximum atomic E-state index is 13.9. The molecule has 206 valence electrons. The molecule has 1 aliphatic heterocycles. The van der Waals surface area contributed by atoms with Crippen LogP contribution in [0.5, 0.6) is 11.5 Å². The highest BCUT2D eigenvalue weighted by molar-refractivity contribution is 6.38. The fourth-order valence-electron chi connectivity index (χ4n) is 4.97. The van der Waals surface area contributed by atoms with Crippen LogP contribution in [0.4, 0.5) is 5.69 Å². The maximum Gasteiger partial charge on any atom is 0.270 e. The van der Waals surface area contributed by atoms with E-state index < -0.39 is 17.8 Å². The van der Waals surface area contributed by atoms with Crippen LogP contribution in [-0.2, 0) is 11.2 Å². The molecule has 0 radical (unpaired) electrons. The topological polar surface area (TPSA) is 96.0 Å². The van der Waals surface area contributed by atoms with E-state index in [4.69, 9.17) is 9.47 Å². The number of rotatable bonds is 15. The molecule has 2 amide bonds. The number of carbonyl (C=O) groups is 3. The smallest absolute Gasteiger partial charge is 0.270 e. The Labute approximate surface area is 229 Å². The lowest BCUT2D eigenvalue weighted by molar-refractivity contribution is -0.304. The summed E-state index contributed by atoms with van der Waals surface area (Å²) in [5, 5.41) is 12.5. The van der Waals surface area contributed by atoms with Crippen LogP contribution in [0.1, 0.15) is 91.5 Å².